The van der Waals surface area contributed by atoms with Crippen LogP contribution in [0.1, 0.15) is 25.5 Å². The van der Waals surface area contributed by atoms with Gasteiger partial charge in [0.2, 0.25) is 5.91 Å². The third-order valence-corrected chi connectivity index (χ3v) is 2.29. The highest BCUT2D eigenvalue weighted by molar-refractivity contribution is 5.88. The molecule has 0 aliphatic carbocycles. The zero-order chi connectivity index (χ0) is 13.0. The van der Waals surface area contributed by atoms with Crippen molar-refractivity contribution in [3.8, 4) is 0 Å². The van der Waals surface area contributed by atoms with Crippen molar-refractivity contribution in [1.82, 2.24) is 0 Å². The van der Waals surface area contributed by atoms with E-state index < -0.39 is 18.0 Å². The summed E-state index contributed by atoms with van der Waals surface area (Å²) in [5.41, 5.74) is 1.01. The van der Waals surface area contributed by atoms with Crippen LogP contribution in [0.15, 0.2) is 24.3 Å². The molecule has 1 rings (SSSR count). The Kier molecular flexibility index (Phi) is 4.37. The Morgan fingerprint density at radius 2 is 1.65 bits per heavy atom. The van der Waals surface area contributed by atoms with E-state index in [9.17, 15) is 19.8 Å². The van der Waals surface area contributed by atoms with Crippen LogP contribution in [0.2, 0.25) is 0 Å². The fourth-order valence-electron chi connectivity index (χ4n) is 1.37. The number of amides is 1. The fourth-order valence-corrected chi connectivity index (χ4v) is 1.37. The third kappa shape index (κ3) is 3.65. The van der Waals surface area contributed by atoms with E-state index in [-0.39, 0.29) is 5.91 Å². The van der Waals surface area contributed by atoms with Crippen molar-refractivity contribution < 1.29 is 19.8 Å². The summed E-state index contributed by atoms with van der Waals surface area (Å²) in [5, 5.41) is 21.6. The van der Waals surface area contributed by atoms with Gasteiger partial charge in [0.15, 0.2) is 5.78 Å². The molecule has 1 aromatic rings. The topological polar surface area (TPSA) is 86.6 Å². The number of carbonyl (C=O) groups excluding carboxylic acids is 2. The number of rotatable bonds is 4. The molecule has 17 heavy (non-hydrogen) atoms. The second-order valence-electron chi connectivity index (χ2n) is 3.80. The van der Waals surface area contributed by atoms with E-state index >= 15 is 0 Å². The van der Waals surface area contributed by atoms with Gasteiger partial charge in [-0.25, -0.2) is 0 Å². The van der Waals surface area contributed by atoms with Gasteiger partial charge in [-0.2, -0.15) is 0 Å². The maximum atomic E-state index is 10.9. The summed E-state index contributed by atoms with van der Waals surface area (Å²) in [5.74, 6) is -0.689. The minimum Gasteiger partial charge on any atom is -0.385 e. The summed E-state index contributed by atoms with van der Waals surface area (Å²) < 4.78 is 0. The Morgan fingerprint density at radius 3 is 2.06 bits per heavy atom. The molecule has 0 fully saturated rings. The standard InChI is InChI=1S/C12H15NO4/c1-7(14)11(16)12(17)9-3-5-10(6-4-9)13-8(2)15/h3-6,11-12,16-17H,1-2H3,(H,13,15)/t11-,12-/m0/s1. The van der Waals surface area contributed by atoms with Gasteiger partial charge in [-0.3, -0.25) is 9.59 Å². The average Bonchev–Trinajstić information content (AvgIpc) is 2.27. The van der Waals surface area contributed by atoms with Crippen molar-refractivity contribution >= 4 is 17.4 Å². The van der Waals surface area contributed by atoms with Gasteiger partial charge in [0, 0.05) is 12.6 Å². The van der Waals surface area contributed by atoms with Crippen LogP contribution in [-0.2, 0) is 9.59 Å². The van der Waals surface area contributed by atoms with Gasteiger partial charge in [-0.1, -0.05) is 12.1 Å². The van der Waals surface area contributed by atoms with Gasteiger partial charge in [-0.15, -0.1) is 0 Å². The Bertz CT molecular complexity index is 413. The summed E-state index contributed by atoms with van der Waals surface area (Å²) in [6, 6.07) is 6.27. The molecule has 0 saturated heterocycles. The van der Waals surface area contributed by atoms with E-state index in [2.05, 4.69) is 5.32 Å². The lowest BCUT2D eigenvalue weighted by Gasteiger charge is -2.15. The van der Waals surface area contributed by atoms with E-state index in [1.54, 1.807) is 24.3 Å². The maximum absolute atomic E-state index is 10.9. The van der Waals surface area contributed by atoms with Crippen molar-refractivity contribution in [3.63, 3.8) is 0 Å². The molecule has 1 amide bonds. The molecule has 0 saturated carbocycles. The van der Waals surface area contributed by atoms with Gasteiger partial charge < -0.3 is 15.5 Å². The van der Waals surface area contributed by atoms with E-state index in [0.717, 1.165) is 0 Å². The van der Waals surface area contributed by atoms with Crippen LogP contribution in [0.25, 0.3) is 0 Å². The number of aliphatic hydroxyl groups is 2. The number of nitrogens with one attached hydrogen (secondary N) is 1. The van der Waals surface area contributed by atoms with Crippen LogP contribution < -0.4 is 5.32 Å². The minimum absolute atomic E-state index is 0.193. The number of Topliss-reactive ketones (excluding diaryl/α,β-unsaturated/α-hetero) is 1. The second-order valence-corrected chi connectivity index (χ2v) is 3.80. The molecule has 0 radical (unpaired) electrons. The molecule has 0 aromatic heterocycles. The molecule has 1 aromatic carbocycles. The lowest BCUT2D eigenvalue weighted by molar-refractivity contribution is -0.130. The third-order valence-electron chi connectivity index (χ3n) is 2.29. The molecule has 92 valence electrons. The lowest BCUT2D eigenvalue weighted by atomic mass is 10.0. The first kappa shape index (κ1) is 13.3. The Labute approximate surface area is 99.1 Å². The second kappa shape index (κ2) is 5.56. The van der Waals surface area contributed by atoms with E-state index in [0.29, 0.717) is 11.3 Å². The fraction of sp³-hybridized carbons (Fsp3) is 0.333. The number of aliphatic hydroxyl groups excluding tert-OH is 2. The molecule has 0 bridgehead atoms. The summed E-state index contributed by atoms with van der Waals surface area (Å²) >= 11 is 0. The summed E-state index contributed by atoms with van der Waals surface area (Å²) in [7, 11) is 0. The maximum Gasteiger partial charge on any atom is 0.221 e. The molecule has 5 nitrogen and oxygen atoms in total. The first-order valence-corrected chi connectivity index (χ1v) is 5.16. The number of ketones is 1. The number of carbonyl (C=O) groups is 2. The number of anilines is 1. The molecule has 3 N–H and O–H groups in total. The molecule has 0 spiro atoms. The monoisotopic (exact) mass is 237 g/mol. The molecule has 0 aliphatic heterocycles. The van der Waals surface area contributed by atoms with Crippen LogP contribution in [-0.4, -0.2) is 28.0 Å². The average molecular weight is 237 g/mol. The normalized spacial score (nSPS) is 13.9. The largest absolute Gasteiger partial charge is 0.385 e. The molecular weight excluding hydrogens is 222 g/mol. The molecule has 0 unspecified atom stereocenters. The molecule has 2 atom stereocenters. The highest BCUT2D eigenvalue weighted by Gasteiger charge is 2.22. The quantitative estimate of drug-likeness (QED) is 0.716. The number of hydrogen-bond acceptors (Lipinski definition) is 4. The van der Waals surface area contributed by atoms with Crippen molar-refractivity contribution in [2.24, 2.45) is 0 Å². The summed E-state index contributed by atoms with van der Waals surface area (Å²) in [6.07, 6.45) is -2.68. The number of benzene rings is 1. The first-order valence-electron chi connectivity index (χ1n) is 5.16. The van der Waals surface area contributed by atoms with Gasteiger partial charge in [0.1, 0.15) is 12.2 Å². The van der Waals surface area contributed by atoms with Crippen molar-refractivity contribution in [2.45, 2.75) is 26.1 Å². The summed E-state index contributed by atoms with van der Waals surface area (Å²) in [4.78, 5) is 21.7. The molecule has 0 aliphatic rings. The predicted molar refractivity (Wildman–Crippen MR) is 62.4 cm³/mol. The Balaban J connectivity index is 2.80. The highest BCUT2D eigenvalue weighted by atomic mass is 16.3. The van der Waals surface area contributed by atoms with Crippen LogP contribution >= 0.6 is 0 Å². The zero-order valence-electron chi connectivity index (χ0n) is 9.68. The molecule has 5 heteroatoms. The van der Waals surface area contributed by atoms with Crippen molar-refractivity contribution in [1.29, 1.82) is 0 Å². The Hall–Kier alpha value is -1.72. The van der Waals surface area contributed by atoms with E-state index in [4.69, 9.17) is 0 Å². The Morgan fingerprint density at radius 1 is 1.12 bits per heavy atom. The van der Waals surface area contributed by atoms with Crippen LogP contribution in [0.4, 0.5) is 5.69 Å². The summed E-state index contributed by atoms with van der Waals surface area (Å²) in [6.45, 7) is 2.60. The van der Waals surface area contributed by atoms with Gasteiger partial charge in [0.05, 0.1) is 0 Å². The lowest BCUT2D eigenvalue weighted by Crippen LogP contribution is -2.25. The minimum atomic E-state index is -1.43. The van der Waals surface area contributed by atoms with E-state index in [1.807, 2.05) is 0 Å². The van der Waals surface area contributed by atoms with Gasteiger partial charge in [-0.05, 0) is 24.6 Å². The zero-order valence-corrected chi connectivity index (χ0v) is 9.68. The van der Waals surface area contributed by atoms with Crippen LogP contribution in [0, 0.1) is 0 Å². The molecular formula is C12H15NO4. The first-order chi connectivity index (χ1) is 7.91. The van der Waals surface area contributed by atoms with Gasteiger partial charge >= 0.3 is 0 Å². The smallest absolute Gasteiger partial charge is 0.221 e. The predicted octanol–water partition coefficient (Wildman–Crippen LogP) is 0.628. The van der Waals surface area contributed by atoms with Crippen LogP contribution in [0.3, 0.4) is 0 Å². The number of hydrogen-bond donors (Lipinski definition) is 3. The van der Waals surface area contributed by atoms with E-state index in [1.165, 1.54) is 13.8 Å². The molecule has 0 heterocycles. The SMILES string of the molecule is CC(=O)Nc1ccc([C@H](O)[C@@H](O)C(C)=O)cc1. The van der Waals surface area contributed by atoms with Crippen LogP contribution in [0.5, 0.6) is 0 Å². The highest BCUT2D eigenvalue weighted by Crippen LogP contribution is 2.19. The van der Waals surface area contributed by atoms with Crippen molar-refractivity contribution in [3.05, 3.63) is 29.8 Å². The van der Waals surface area contributed by atoms with Gasteiger partial charge in [0.25, 0.3) is 0 Å². The van der Waals surface area contributed by atoms with Crippen molar-refractivity contribution in [2.75, 3.05) is 5.32 Å².